The average molecular weight is 292 g/mol. The van der Waals surface area contributed by atoms with Gasteiger partial charge in [0.05, 0.1) is 4.92 Å². The molecule has 1 heterocycles. The van der Waals surface area contributed by atoms with Crippen molar-refractivity contribution in [1.29, 1.82) is 0 Å². The summed E-state index contributed by atoms with van der Waals surface area (Å²) in [7, 11) is 0. The van der Waals surface area contributed by atoms with E-state index in [1.807, 2.05) is 6.07 Å². The molecule has 0 atom stereocenters. The number of benzene rings is 1. The zero-order valence-electron chi connectivity index (χ0n) is 11.4. The highest BCUT2D eigenvalue weighted by molar-refractivity contribution is 7.15. The Morgan fingerprint density at radius 3 is 2.90 bits per heavy atom. The van der Waals surface area contributed by atoms with E-state index in [0.29, 0.717) is 12.5 Å². The molecule has 1 aromatic carbocycles. The van der Waals surface area contributed by atoms with Gasteiger partial charge in [-0.3, -0.25) is 10.1 Å². The van der Waals surface area contributed by atoms with Gasteiger partial charge in [0.15, 0.2) is 0 Å². The highest BCUT2D eigenvalue weighted by Crippen LogP contribution is 2.20. The predicted molar refractivity (Wildman–Crippen MR) is 78.9 cm³/mol. The Labute approximate surface area is 121 Å². The number of rotatable bonds is 6. The molecule has 1 N–H and O–H groups in total. The second-order valence-corrected chi connectivity index (χ2v) is 5.94. The van der Waals surface area contributed by atoms with E-state index >= 15 is 0 Å². The van der Waals surface area contributed by atoms with Crippen LogP contribution < -0.4 is 5.32 Å². The normalized spacial score (nSPS) is 10.8. The van der Waals surface area contributed by atoms with Crippen molar-refractivity contribution >= 4 is 22.2 Å². The van der Waals surface area contributed by atoms with Crippen molar-refractivity contribution in [3.63, 3.8) is 0 Å². The van der Waals surface area contributed by atoms with Crippen LogP contribution in [0.1, 0.15) is 24.4 Å². The number of nitrogens with zero attached hydrogens (tertiary/aromatic N) is 3. The third-order valence-electron chi connectivity index (χ3n) is 2.61. The van der Waals surface area contributed by atoms with Gasteiger partial charge in [-0.25, -0.2) is 0 Å². The third kappa shape index (κ3) is 3.99. The van der Waals surface area contributed by atoms with E-state index in [2.05, 4.69) is 29.4 Å². The largest absolute Gasteiger partial charge is 0.356 e. The summed E-state index contributed by atoms with van der Waals surface area (Å²) in [5.74, 6) is 0.549. The first-order valence-electron chi connectivity index (χ1n) is 6.34. The maximum atomic E-state index is 10.7. The fraction of sp³-hybridized carbons (Fsp3) is 0.385. The van der Waals surface area contributed by atoms with Gasteiger partial charge in [-0.2, -0.15) is 0 Å². The van der Waals surface area contributed by atoms with Crippen molar-refractivity contribution in [2.24, 2.45) is 5.92 Å². The van der Waals surface area contributed by atoms with E-state index < -0.39 is 4.92 Å². The maximum absolute atomic E-state index is 10.7. The quantitative estimate of drug-likeness (QED) is 0.653. The van der Waals surface area contributed by atoms with E-state index in [1.165, 1.54) is 17.4 Å². The summed E-state index contributed by atoms with van der Waals surface area (Å²) in [6.07, 6.45) is 0.913. The Balaban J connectivity index is 1.96. The van der Waals surface area contributed by atoms with Crippen LogP contribution in [0.4, 0.5) is 10.8 Å². The van der Waals surface area contributed by atoms with E-state index in [-0.39, 0.29) is 5.69 Å². The van der Waals surface area contributed by atoms with Gasteiger partial charge in [0.1, 0.15) is 5.01 Å². The molecule has 7 heteroatoms. The minimum absolute atomic E-state index is 0.0991. The third-order valence-corrected chi connectivity index (χ3v) is 3.52. The number of hydrogen-bond acceptors (Lipinski definition) is 6. The lowest BCUT2D eigenvalue weighted by atomic mass is 10.1. The van der Waals surface area contributed by atoms with Crippen molar-refractivity contribution in [2.45, 2.75) is 26.8 Å². The van der Waals surface area contributed by atoms with E-state index in [0.717, 1.165) is 22.1 Å². The van der Waals surface area contributed by atoms with E-state index in [1.54, 1.807) is 12.1 Å². The van der Waals surface area contributed by atoms with Crippen molar-refractivity contribution < 1.29 is 4.92 Å². The molecule has 0 aliphatic carbocycles. The number of anilines is 1. The average Bonchev–Trinajstić information content (AvgIpc) is 2.83. The standard InChI is InChI=1S/C13H16N4O2S/c1-9(2)6-12-15-16-13(20-12)14-8-10-4-3-5-11(7-10)17(18)19/h3-5,7,9H,6,8H2,1-2H3,(H,14,16). The Bertz CT molecular complexity index is 598. The highest BCUT2D eigenvalue weighted by Gasteiger charge is 2.08. The number of nitrogens with one attached hydrogen (secondary N) is 1. The molecule has 0 saturated carbocycles. The van der Waals surface area contributed by atoms with Crippen LogP contribution in [0.25, 0.3) is 0 Å². The van der Waals surface area contributed by atoms with Gasteiger partial charge in [-0.1, -0.05) is 37.3 Å². The predicted octanol–water partition coefficient (Wildman–Crippen LogP) is 3.26. The lowest BCUT2D eigenvalue weighted by molar-refractivity contribution is -0.384. The van der Waals surface area contributed by atoms with Gasteiger partial charge in [-0.15, -0.1) is 10.2 Å². The highest BCUT2D eigenvalue weighted by atomic mass is 32.1. The Kier molecular flexibility index (Phi) is 4.62. The lowest BCUT2D eigenvalue weighted by Gasteiger charge is -2.02. The van der Waals surface area contributed by atoms with Crippen LogP contribution in [0.15, 0.2) is 24.3 Å². The molecule has 0 unspecified atom stereocenters. The summed E-state index contributed by atoms with van der Waals surface area (Å²) >= 11 is 1.52. The van der Waals surface area contributed by atoms with Crippen molar-refractivity contribution in [3.8, 4) is 0 Å². The van der Waals surface area contributed by atoms with Crippen LogP contribution in [-0.4, -0.2) is 15.1 Å². The van der Waals surface area contributed by atoms with Gasteiger partial charge < -0.3 is 5.32 Å². The molecule has 2 rings (SSSR count). The van der Waals surface area contributed by atoms with Gasteiger partial charge >= 0.3 is 0 Å². The SMILES string of the molecule is CC(C)Cc1nnc(NCc2cccc([N+](=O)[O-])c2)s1. The number of non-ortho nitro benzene ring substituents is 1. The monoisotopic (exact) mass is 292 g/mol. The molecule has 0 bridgehead atoms. The molecule has 0 saturated heterocycles. The summed E-state index contributed by atoms with van der Waals surface area (Å²) in [6, 6.07) is 6.56. The molecule has 0 amide bonds. The van der Waals surface area contributed by atoms with Gasteiger partial charge in [0.25, 0.3) is 5.69 Å². The van der Waals surface area contributed by atoms with Crippen LogP contribution in [-0.2, 0) is 13.0 Å². The molecule has 1 aromatic heterocycles. The van der Waals surface area contributed by atoms with Crippen molar-refractivity contribution in [2.75, 3.05) is 5.32 Å². The molecule has 2 aromatic rings. The first-order valence-corrected chi connectivity index (χ1v) is 7.16. The molecule has 20 heavy (non-hydrogen) atoms. The lowest BCUT2D eigenvalue weighted by Crippen LogP contribution is -1.99. The fourth-order valence-electron chi connectivity index (χ4n) is 1.71. The van der Waals surface area contributed by atoms with Crippen LogP contribution in [0.3, 0.4) is 0 Å². The fourth-order valence-corrected chi connectivity index (χ4v) is 2.66. The summed E-state index contributed by atoms with van der Waals surface area (Å²) in [5.41, 5.74) is 0.946. The van der Waals surface area contributed by atoms with E-state index in [9.17, 15) is 10.1 Å². The molecule has 0 aliphatic heterocycles. The summed E-state index contributed by atoms with van der Waals surface area (Å²) in [6.45, 7) is 4.77. The van der Waals surface area contributed by atoms with Crippen LogP contribution in [0.5, 0.6) is 0 Å². The van der Waals surface area contributed by atoms with Crippen LogP contribution in [0, 0.1) is 16.0 Å². The molecular formula is C13H16N4O2S. The molecule has 6 nitrogen and oxygen atoms in total. The number of hydrogen-bond donors (Lipinski definition) is 1. The smallest absolute Gasteiger partial charge is 0.269 e. The van der Waals surface area contributed by atoms with Gasteiger partial charge in [-0.05, 0) is 11.5 Å². The van der Waals surface area contributed by atoms with Gasteiger partial charge in [0, 0.05) is 25.1 Å². The summed E-state index contributed by atoms with van der Waals surface area (Å²) < 4.78 is 0. The Morgan fingerprint density at radius 2 is 2.20 bits per heavy atom. The van der Waals surface area contributed by atoms with Crippen molar-refractivity contribution in [1.82, 2.24) is 10.2 Å². The zero-order chi connectivity index (χ0) is 14.5. The summed E-state index contributed by atoms with van der Waals surface area (Å²) in [5, 5.41) is 23.8. The van der Waals surface area contributed by atoms with Gasteiger partial charge in [0.2, 0.25) is 5.13 Å². The number of nitro groups is 1. The Morgan fingerprint density at radius 1 is 1.40 bits per heavy atom. The van der Waals surface area contributed by atoms with Crippen molar-refractivity contribution in [3.05, 3.63) is 45.0 Å². The summed E-state index contributed by atoms with van der Waals surface area (Å²) in [4.78, 5) is 10.3. The number of nitro benzene ring substituents is 1. The second-order valence-electron chi connectivity index (χ2n) is 4.88. The minimum Gasteiger partial charge on any atom is -0.356 e. The second kappa shape index (κ2) is 6.42. The van der Waals surface area contributed by atoms with E-state index in [4.69, 9.17) is 0 Å². The Hall–Kier alpha value is -2.02. The maximum Gasteiger partial charge on any atom is 0.269 e. The van der Waals surface area contributed by atoms with Crippen LogP contribution >= 0.6 is 11.3 Å². The topological polar surface area (TPSA) is 81.0 Å². The molecule has 106 valence electrons. The number of aromatic nitrogens is 2. The first-order chi connectivity index (χ1) is 9.54. The minimum atomic E-state index is -0.394. The molecular weight excluding hydrogens is 276 g/mol. The first kappa shape index (κ1) is 14.4. The molecule has 0 spiro atoms. The molecule has 0 radical (unpaired) electrons. The van der Waals surface area contributed by atoms with Crippen LogP contribution in [0.2, 0.25) is 0 Å². The molecule has 0 aliphatic rings. The zero-order valence-corrected chi connectivity index (χ0v) is 12.2. The molecule has 0 fully saturated rings.